The van der Waals surface area contributed by atoms with Gasteiger partial charge in [0.1, 0.15) is 11.2 Å². The molecule has 55 heavy (non-hydrogen) atoms. The molecular weight excluding hydrogens is 669 g/mol. The van der Waals surface area contributed by atoms with Crippen molar-refractivity contribution in [2.75, 3.05) is 0 Å². The van der Waals surface area contributed by atoms with E-state index in [1.807, 2.05) is 6.07 Å². The van der Waals surface area contributed by atoms with Gasteiger partial charge in [0.05, 0.1) is 22.1 Å². The van der Waals surface area contributed by atoms with Crippen LogP contribution in [0.15, 0.2) is 181 Å². The summed E-state index contributed by atoms with van der Waals surface area (Å²) >= 11 is 0. The highest BCUT2D eigenvalue weighted by atomic mass is 16.3. The highest BCUT2D eigenvalue weighted by Gasteiger charge is 2.27. The van der Waals surface area contributed by atoms with E-state index in [0.717, 1.165) is 50.8 Å². The Morgan fingerprint density at radius 1 is 0.509 bits per heavy atom. The Morgan fingerprint density at radius 2 is 1.07 bits per heavy atom. The van der Waals surface area contributed by atoms with E-state index in [4.69, 9.17) is 4.42 Å². The Morgan fingerprint density at radius 3 is 1.75 bits per heavy atom. The summed E-state index contributed by atoms with van der Waals surface area (Å²) < 4.78 is 11.2. The Hall–Kier alpha value is -6.84. The van der Waals surface area contributed by atoms with E-state index in [-0.39, 0.29) is 5.41 Å². The predicted molar refractivity (Wildman–Crippen MR) is 233 cm³/mol. The highest BCUT2D eigenvalue weighted by Crippen LogP contribution is 2.43. The first-order valence-electron chi connectivity index (χ1n) is 19.1. The van der Waals surface area contributed by atoms with Crippen LogP contribution in [0.5, 0.6) is 0 Å². The lowest BCUT2D eigenvalue weighted by Gasteiger charge is -2.27. The normalized spacial score (nSPS) is 15.5. The third kappa shape index (κ3) is 4.83. The van der Waals surface area contributed by atoms with Crippen LogP contribution in [0.4, 0.5) is 0 Å². The van der Waals surface area contributed by atoms with E-state index >= 15 is 0 Å². The number of benzene rings is 7. The summed E-state index contributed by atoms with van der Waals surface area (Å²) in [5.41, 5.74) is 14.7. The zero-order valence-electron chi connectivity index (χ0n) is 30.9. The summed E-state index contributed by atoms with van der Waals surface area (Å²) in [6.45, 7) is 9.22. The fourth-order valence-electron chi connectivity index (χ4n) is 9.00. The first-order valence-corrected chi connectivity index (χ1v) is 19.1. The second kappa shape index (κ2) is 11.8. The number of para-hydroxylation sites is 3. The summed E-state index contributed by atoms with van der Waals surface area (Å²) in [5, 5.41) is 7.16. The van der Waals surface area contributed by atoms with E-state index < -0.39 is 0 Å². The molecule has 0 saturated heterocycles. The smallest absolute Gasteiger partial charge is 0.136 e. The zero-order chi connectivity index (χ0) is 36.8. The van der Waals surface area contributed by atoms with E-state index in [1.165, 1.54) is 60.3 Å². The fraction of sp³-hybridized carbons (Fsp3) is 0.0769. The van der Waals surface area contributed by atoms with Crippen LogP contribution in [0.2, 0.25) is 0 Å². The standard InChI is InChI=1S/C52H38N2O/c1-33-13-5-4-12-28-52(2,3)45-32-49-42(29-41(33)45)43-31-51-44(40-16-8-11-19-50(40)55-51)30-48(43)54(49)37-26-22-35(23-27-37)34-20-24-36(25-21-34)53-46-17-9-6-14-38(46)39-15-7-10-18-47(39)53/h4-27,29-32H,1,28H2,2-3H3/b12-4-,13-5-. The number of allylic oxidation sites excluding steroid dienone is 5. The van der Waals surface area contributed by atoms with Crippen LogP contribution in [0, 0.1) is 0 Å². The molecule has 3 aromatic heterocycles. The molecule has 0 spiro atoms. The summed E-state index contributed by atoms with van der Waals surface area (Å²) in [4.78, 5) is 0. The minimum atomic E-state index is -0.0880. The molecular formula is C52H38N2O. The van der Waals surface area contributed by atoms with Crippen LogP contribution in [0.3, 0.4) is 0 Å². The maximum Gasteiger partial charge on any atom is 0.136 e. The van der Waals surface area contributed by atoms with Crippen LogP contribution in [0.1, 0.15) is 31.4 Å². The minimum Gasteiger partial charge on any atom is -0.456 e. The topological polar surface area (TPSA) is 23.0 Å². The number of fused-ring (bicyclic) bond motifs is 10. The Balaban J connectivity index is 1.07. The van der Waals surface area contributed by atoms with Gasteiger partial charge in [-0.15, -0.1) is 0 Å². The number of hydrogen-bond acceptors (Lipinski definition) is 1. The van der Waals surface area contributed by atoms with Crippen molar-refractivity contribution in [2.45, 2.75) is 25.7 Å². The maximum absolute atomic E-state index is 6.44. The molecule has 0 N–H and O–H groups in total. The molecule has 0 bridgehead atoms. The largest absolute Gasteiger partial charge is 0.456 e. The van der Waals surface area contributed by atoms with E-state index in [1.54, 1.807) is 0 Å². The lowest BCUT2D eigenvalue weighted by atomic mass is 9.77. The monoisotopic (exact) mass is 706 g/mol. The second-order valence-electron chi connectivity index (χ2n) is 15.6. The molecule has 3 heterocycles. The molecule has 11 rings (SSSR count). The van der Waals surface area contributed by atoms with Crippen LogP contribution in [0.25, 0.3) is 93.6 Å². The van der Waals surface area contributed by atoms with Crippen molar-refractivity contribution < 1.29 is 4.42 Å². The van der Waals surface area contributed by atoms with Gasteiger partial charge in [-0.2, -0.15) is 0 Å². The molecule has 10 aromatic rings. The number of aromatic nitrogens is 2. The van der Waals surface area contributed by atoms with Gasteiger partial charge in [-0.3, -0.25) is 0 Å². The highest BCUT2D eigenvalue weighted by molar-refractivity contribution is 6.18. The van der Waals surface area contributed by atoms with E-state index in [2.05, 4.69) is 193 Å². The predicted octanol–water partition coefficient (Wildman–Crippen LogP) is 14.3. The van der Waals surface area contributed by atoms with Crippen molar-refractivity contribution in [1.82, 2.24) is 9.13 Å². The molecule has 0 aliphatic heterocycles. The lowest BCUT2D eigenvalue weighted by Crippen LogP contribution is -2.18. The number of nitrogens with zero attached hydrogens (tertiary/aromatic N) is 2. The Bertz CT molecular complexity index is 3200. The molecule has 0 radical (unpaired) electrons. The molecule has 0 unspecified atom stereocenters. The van der Waals surface area contributed by atoms with Gasteiger partial charge in [0.2, 0.25) is 0 Å². The fourth-order valence-corrected chi connectivity index (χ4v) is 9.00. The van der Waals surface area contributed by atoms with Gasteiger partial charge < -0.3 is 13.6 Å². The van der Waals surface area contributed by atoms with Crippen molar-refractivity contribution in [2.24, 2.45) is 0 Å². The van der Waals surface area contributed by atoms with Crippen LogP contribution in [-0.4, -0.2) is 9.13 Å². The van der Waals surface area contributed by atoms with Crippen molar-refractivity contribution in [3.63, 3.8) is 0 Å². The van der Waals surface area contributed by atoms with Crippen molar-refractivity contribution in [3.05, 3.63) is 188 Å². The van der Waals surface area contributed by atoms with Crippen molar-refractivity contribution in [3.8, 4) is 22.5 Å². The summed E-state index contributed by atoms with van der Waals surface area (Å²) in [5.74, 6) is 0. The molecule has 0 atom stereocenters. The van der Waals surface area contributed by atoms with Gasteiger partial charge in [-0.05, 0) is 106 Å². The van der Waals surface area contributed by atoms with Gasteiger partial charge in [0.15, 0.2) is 0 Å². The van der Waals surface area contributed by atoms with E-state index in [9.17, 15) is 0 Å². The van der Waals surface area contributed by atoms with Crippen molar-refractivity contribution in [1.29, 1.82) is 0 Å². The quantitative estimate of drug-likeness (QED) is 0.179. The first kappa shape index (κ1) is 31.7. The number of furan rings is 1. The second-order valence-corrected chi connectivity index (χ2v) is 15.6. The molecule has 1 aliphatic rings. The molecule has 7 aromatic carbocycles. The van der Waals surface area contributed by atoms with Crippen LogP contribution < -0.4 is 0 Å². The summed E-state index contributed by atoms with van der Waals surface area (Å²) in [6.07, 6.45) is 9.59. The van der Waals surface area contributed by atoms with Gasteiger partial charge in [0.25, 0.3) is 0 Å². The molecule has 0 amide bonds. The van der Waals surface area contributed by atoms with Crippen LogP contribution >= 0.6 is 0 Å². The Kier molecular flexibility index (Phi) is 6.81. The lowest BCUT2D eigenvalue weighted by molar-refractivity contribution is 0.533. The van der Waals surface area contributed by atoms with Gasteiger partial charge >= 0.3 is 0 Å². The van der Waals surface area contributed by atoms with Gasteiger partial charge in [-0.25, -0.2) is 0 Å². The molecule has 0 saturated carbocycles. The van der Waals surface area contributed by atoms with Crippen LogP contribution in [-0.2, 0) is 5.41 Å². The maximum atomic E-state index is 6.44. The zero-order valence-corrected chi connectivity index (χ0v) is 30.9. The molecule has 262 valence electrons. The third-order valence-corrected chi connectivity index (χ3v) is 11.8. The third-order valence-electron chi connectivity index (χ3n) is 11.8. The number of rotatable bonds is 3. The summed E-state index contributed by atoms with van der Waals surface area (Å²) in [6, 6.07) is 53.0. The SMILES string of the molecule is C=C1/C=C\C=C/CC(C)(C)c2cc3c(cc21)c1cc2oc4ccccc4c2cc1n3-c1ccc(-c2ccc(-n3c4ccccc4c4ccccc43)cc2)cc1. The average Bonchev–Trinajstić information content (AvgIpc) is 3.87. The molecule has 1 aliphatic carbocycles. The molecule has 3 heteroatoms. The summed E-state index contributed by atoms with van der Waals surface area (Å²) in [7, 11) is 0. The van der Waals surface area contributed by atoms with Crippen molar-refractivity contribution >= 4 is 71.1 Å². The molecule has 0 fully saturated rings. The number of hydrogen-bond donors (Lipinski definition) is 0. The van der Waals surface area contributed by atoms with Gasteiger partial charge in [0, 0.05) is 43.7 Å². The Labute approximate surface area is 319 Å². The van der Waals surface area contributed by atoms with E-state index in [0.29, 0.717) is 0 Å². The first-order chi connectivity index (χ1) is 26.9. The van der Waals surface area contributed by atoms with Gasteiger partial charge in [-0.1, -0.05) is 124 Å². The molecule has 3 nitrogen and oxygen atoms in total. The average molecular weight is 707 g/mol. The minimum absolute atomic E-state index is 0.0880.